The average Bonchev–Trinajstić information content (AvgIpc) is 3.02. The predicted molar refractivity (Wildman–Crippen MR) is 96.8 cm³/mol. The molecule has 5 nitrogen and oxygen atoms in total. The van der Waals surface area contributed by atoms with Crippen molar-refractivity contribution in [1.29, 1.82) is 0 Å². The molecule has 1 fully saturated rings. The van der Waals surface area contributed by atoms with Crippen LogP contribution in [-0.4, -0.2) is 30.3 Å². The fourth-order valence-electron chi connectivity index (χ4n) is 2.94. The normalized spacial score (nSPS) is 18.8. The standard InChI is InChI=1S/C18H23N3O2S/c1-12(17-13(2)19-11-24-17)14-5-7-15(8-6-14)20-18(22)21-16-4-3-9-23-10-16/h5-8,11-12,16H,3-4,9-10H2,1-2H3,(H2,20,21,22)/t12-,16+/m1/s1. The highest BCUT2D eigenvalue weighted by Gasteiger charge is 2.16. The highest BCUT2D eigenvalue weighted by molar-refractivity contribution is 7.09. The van der Waals surface area contributed by atoms with Gasteiger partial charge in [0, 0.05) is 23.1 Å². The first-order valence-corrected chi connectivity index (χ1v) is 9.16. The topological polar surface area (TPSA) is 63.2 Å². The van der Waals surface area contributed by atoms with Gasteiger partial charge in [0.25, 0.3) is 0 Å². The van der Waals surface area contributed by atoms with Crippen LogP contribution in [0, 0.1) is 6.92 Å². The number of anilines is 1. The van der Waals surface area contributed by atoms with E-state index in [0.717, 1.165) is 30.8 Å². The quantitative estimate of drug-likeness (QED) is 0.883. The zero-order valence-electron chi connectivity index (χ0n) is 14.0. The van der Waals surface area contributed by atoms with Crippen LogP contribution in [0.3, 0.4) is 0 Å². The van der Waals surface area contributed by atoms with Crippen LogP contribution in [0.15, 0.2) is 29.8 Å². The van der Waals surface area contributed by atoms with Crippen LogP contribution in [0.5, 0.6) is 0 Å². The summed E-state index contributed by atoms with van der Waals surface area (Å²) in [5.74, 6) is 0.305. The lowest BCUT2D eigenvalue weighted by Gasteiger charge is -2.23. The number of nitrogens with zero attached hydrogens (tertiary/aromatic N) is 1. The second kappa shape index (κ2) is 7.77. The van der Waals surface area contributed by atoms with Crippen molar-refractivity contribution < 1.29 is 9.53 Å². The first-order chi connectivity index (χ1) is 11.6. The summed E-state index contributed by atoms with van der Waals surface area (Å²) in [5.41, 5.74) is 4.98. The minimum absolute atomic E-state index is 0.104. The number of amides is 2. The maximum absolute atomic E-state index is 12.0. The molecule has 0 radical (unpaired) electrons. The first kappa shape index (κ1) is 16.9. The number of hydrogen-bond donors (Lipinski definition) is 2. The summed E-state index contributed by atoms with van der Waals surface area (Å²) >= 11 is 1.68. The molecule has 6 heteroatoms. The van der Waals surface area contributed by atoms with Crippen LogP contribution >= 0.6 is 11.3 Å². The third kappa shape index (κ3) is 4.13. The highest BCUT2D eigenvalue weighted by atomic mass is 32.1. The van der Waals surface area contributed by atoms with E-state index in [1.54, 1.807) is 11.3 Å². The van der Waals surface area contributed by atoms with E-state index in [0.29, 0.717) is 12.5 Å². The molecule has 0 saturated carbocycles. The minimum atomic E-state index is -0.176. The van der Waals surface area contributed by atoms with Gasteiger partial charge in [-0.05, 0) is 37.5 Å². The van der Waals surface area contributed by atoms with E-state index >= 15 is 0 Å². The van der Waals surface area contributed by atoms with Crippen molar-refractivity contribution in [3.63, 3.8) is 0 Å². The van der Waals surface area contributed by atoms with Gasteiger partial charge in [0.2, 0.25) is 0 Å². The van der Waals surface area contributed by atoms with Crippen molar-refractivity contribution in [2.75, 3.05) is 18.5 Å². The van der Waals surface area contributed by atoms with Crippen LogP contribution < -0.4 is 10.6 Å². The van der Waals surface area contributed by atoms with Crippen LogP contribution in [0.25, 0.3) is 0 Å². The van der Waals surface area contributed by atoms with Crippen molar-refractivity contribution in [3.05, 3.63) is 45.9 Å². The number of thiazole rings is 1. The number of ether oxygens (including phenoxy) is 1. The van der Waals surface area contributed by atoms with Crippen LogP contribution in [0.2, 0.25) is 0 Å². The second-order valence-electron chi connectivity index (χ2n) is 6.16. The molecule has 1 aliphatic rings. The Morgan fingerprint density at radius 2 is 2.17 bits per heavy atom. The number of nitrogens with one attached hydrogen (secondary N) is 2. The number of hydrogen-bond acceptors (Lipinski definition) is 4. The highest BCUT2D eigenvalue weighted by Crippen LogP contribution is 2.30. The smallest absolute Gasteiger partial charge is 0.319 e. The molecule has 128 valence electrons. The van der Waals surface area contributed by atoms with Gasteiger partial charge >= 0.3 is 6.03 Å². The summed E-state index contributed by atoms with van der Waals surface area (Å²) in [7, 11) is 0. The molecule has 1 aliphatic heterocycles. The molecule has 1 aromatic heterocycles. The molecular formula is C18H23N3O2S. The van der Waals surface area contributed by atoms with E-state index < -0.39 is 0 Å². The van der Waals surface area contributed by atoms with E-state index in [2.05, 4.69) is 34.7 Å². The van der Waals surface area contributed by atoms with Gasteiger partial charge < -0.3 is 15.4 Å². The molecule has 2 aromatic rings. The largest absolute Gasteiger partial charge is 0.379 e. The summed E-state index contributed by atoms with van der Waals surface area (Å²) in [4.78, 5) is 17.6. The molecular weight excluding hydrogens is 322 g/mol. The number of aromatic nitrogens is 1. The monoisotopic (exact) mass is 345 g/mol. The van der Waals surface area contributed by atoms with Crippen molar-refractivity contribution in [2.24, 2.45) is 0 Å². The van der Waals surface area contributed by atoms with E-state index in [1.807, 2.05) is 24.6 Å². The Hall–Kier alpha value is -1.92. The van der Waals surface area contributed by atoms with Crippen LogP contribution in [-0.2, 0) is 4.74 Å². The van der Waals surface area contributed by atoms with Gasteiger partial charge in [-0.3, -0.25) is 0 Å². The molecule has 2 N–H and O–H groups in total. The van der Waals surface area contributed by atoms with E-state index in [9.17, 15) is 4.79 Å². The van der Waals surface area contributed by atoms with Crippen LogP contribution in [0.1, 0.15) is 41.8 Å². The fourth-order valence-corrected chi connectivity index (χ4v) is 3.83. The molecule has 1 saturated heterocycles. The SMILES string of the molecule is Cc1ncsc1[C@H](C)c1ccc(NC(=O)N[C@H]2CCCOC2)cc1. The fraction of sp³-hybridized carbons (Fsp3) is 0.444. The molecule has 2 heterocycles. The first-order valence-electron chi connectivity index (χ1n) is 8.28. The van der Waals surface area contributed by atoms with Gasteiger partial charge in [-0.1, -0.05) is 19.1 Å². The molecule has 24 heavy (non-hydrogen) atoms. The summed E-state index contributed by atoms with van der Waals surface area (Å²) in [6.45, 7) is 5.60. The van der Waals surface area contributed by atoms with Gasteiger partial charge in [0.15, 0.2) is 0 Å². The van der Waals surface area contributed by atoms with Crippen LogP contribution in [0.4, 0.5) is 10.5 Å². The zero-order chi connectivity index (χ0) is 16.9. The lowest BCUT2D eigenvalue weighted by molar-refractivity contribution is 0.0739. The summed E-state index contributed by atoms with van der Waals surface area (Å²) < 4.78 is 5.37. The Bertz CT molecular complexity index is 678. The molecule has 2 atom stereocenters. The Kier molecular flexibility index (Phi) is 5.48. The number of carbonyl (C=O) groups is 1. The number of rotatable bonds is 4. The van der Waals surface area contributed by atoms with Crippen molar-refractivity contribution >= 4 is 23.1 Å². The Labute approximate surface area is 146 Å². The maximum atomic E-state index is 12.0. The molecule has 0 bridgehead atoms. The van der Waals surface area contributed by atoms with Gasteiger partial charge in [0.05, 0.1) is 23.9 Å². The second-order valence-corrected chi connectivity index (χ2v) is 7.04. The Morgan fingerprint density at radius 3 is 2.79 bits per heavy atom. The molecule has 3 rings (SSSR count). The number of aryl methyl sites for hydroxylation is 1. The number of benzene rings is 1. The van der Waals surface area contributed by atoms with Crippen molar-refractivity contribution in [1.82, 2.24) is 10.3 Å². The van der Waals surface area contributed by atoms with Crippen molar-refractivity contribution in [2.45, 2.75) is 38.6 Å². The van der Waals surface area contributed by atoms with Gasteiger partial charge in [-0.25, -0.2) is 9.78 Å². The third-order valence-electron chi connectivity index (χ3n) is 4.34. The number of carbonyl (C=O) groups excluding carboxylic acids is 1. The van der Waals surface area contributed by atoms with Gasteiger partial charge in [-0.2, -0.15) is 0 Å². The van der Waals surface area contributed by atoms with E-state index in [-0.39, 0.29) is 12.1 Å². The van der Waals surface area contributed by atoms with Gasteiger partial charge in [0.1, 0.15) is 0 Å². The van der Waals surface area contributed by atoms with Gasteiger partial charge in [-0.15, -0.1) is 11.3 Å². The molecule has 0 unspecified atom stereocenters. The Balaban J connectivity index is 1.58. The predicted octanol–water partition coefficient (Wildman–Crippen LogP) is 3.90. The summed E-state index contributed by atoms with van der Waals surface area (Å²) in [5, 5.41) is 5.84. The zero-order valence-corrected chi connectivity index (χ0v) is 14.9. The van der Waals surface area contributed by atoms with Crippen molar-refractivity contribution in [3.8, 4) is 0 Å². The maximum Gasteiger partial charge on any atom is 0.319 e. The average molecular weight is 345 g/mol. The Morgan fingerprint density at radius 1 is 1.38 bits per heavy atom. The lowest BCUT2D eigenvalue weighted by Crippen LogP contribution is -2.42. The molecule has 2 amide bonds. The van der Waals surface area contributed by atoms with E-state index in [1.165, 1.54) is 10.4 Å². The summed E-state index contributed by atoms with van der Waals surface area (Å²) in [6.07, 6.45) is 1.96. The molecule has 1 aromatic carbocycles. The summed E-state index contributed by atoms with van der Waals surface area (Å²) in [6, 6.07) is 7.93. The molecule has 0 spiro atoms. The lowest BCUT2D eigenvalue weighted by atomic mass is 9.98. The molecule has 0 aliphatic carbocycles. The third-order valence-corrected chi connectivity index (χ3v) is 5.45. The van der Waals surface area contributed by atoms with E-state index in [4.69, 9.17) is 4.74 Å². The minimum Gasteiger partial charge on any atom is -0.379 e. The number of urea groups is 1.